The van der Waals surface area contributed by atoms with Crippen LogP contribution in [0.15, 0.2) is 0 Å². The lowest BCUT2D eigenvalue weighted by molar-refractivity contribution is -0.320. The van der Waals surface area contributed by atoms with Crippen molar-refractivity contribution in [2.45, 2.75) is 63.5 Å². The Balaban J connectivity index is 2.10. The summed E-state index contributed by atoms with van der Waals surface area (Å²) in [6.45, 7) is 10.1. The minimum absolute atomic E-state index is 0.0294. The van der Waals surface area contributed by atoms with Crippen molar-refractivity contribution in [3.05, 3.63) is 0 Å². The van der Waals surface area contributed by atoms with Gasteiger partial charge < -0.3 is 19.5 Å². The van der Waals surface area contributed by atoms with Gasteiger partial charge in [0.1, 0.15) is 6.10 Å². The summed E-state index contributed by atoms with van der Waals surface area (Å²) in [5.41, 5.74) is 0.0588. The largest absolute Gasteiger partial charge is 0.377 e. The van der Waals surface area contributed by atoms with Crippen LogP contribution in [0.25, 0.3) is 0 Å². The molecule has 2 fully saturated rings. The summed E-state index contributed by atoms with van der Waals surface area (Å²) in [6, 6.07) is 0. The van der Waals surface area contributed by atoms with Crippen LogP contribution in [0, 0.1) is 0 Å². The van der Waals surface area contributed by atoms with Crippen molar-refractivity contribution in [2.24, 2.45) is 0 Å². The highest BCUT2D eigenvalue weighted by atomic mass is 16.7. The topological polar surface area (TPSA) is 39.7 Å². The summed E-state index contributed by atoms with van der Waals surface area (Å²) < 4.78 is 17.3. The van der Waals surface area contributed by atoms with E-state index >= 15 is 0 Å². The van der Waals surface area contributed by atoms with E-state index in [9.17, 15) is 0 Å². The Labute approximate surface area is 104 Å². The molecule has 0 aromatic rings. The maximum atomic E-state index is 5.99. The Bertz CT molecular complexity index is 262. The summed E-state index contributed by atoms with van der Waals surface area (Å²) in [6.07, 6.45) is 1.82. The van der Waals surface area contributed by atoms with Gasteiger partial charge in [-0.05, 0) is 27.7 Å². The highest BCUT2D eigenvalue weighted by Crippen LogP contribution is 2.40. The zero-order chi connectivity index (χ0) is 12.7. The molecule has 0 atom stereocenters. The number of hydrogen-bond donors (Lipinski definition) is 1. The van der Waals surface area contributed by atoms with Crippen LogP contribution in [0.1, 0.15) is 40.5 Å². The summed E-state index contributed by atoms with van der Waals surface area (Å²) in [5, 5.41) is 3.64. The van der Waals surface area contributed by atoms with Crippen molar-refractivity contribution in [1.29, 1.82) is 0 Å². The second-order valence-corrected chi connectivity index (χ2v) is 6.64. The fourth-order valence-electron chi connectivity index (χ4n) is 3.33. The summed E-state index contributed by atoms with van der Waals surface area (Å²) in [7, 11) is 1.70. The van der Waals surface area contributed by atoms with E-state index in [0.29, 0.717) is 13.2 Å². The van der Waals surface area contributed by atoms with Crippen molar-refractivity contribution in [3.8, 4) is 0 Å². The maximum absolute atomic E-state index is 5.99. The lowest BCUT2D eigenvalue weighted by atomic mass is 9.78. The van der Waals surface area contributed by atoms with E-state index in [4.69, 9.17) is 14.2 Å². The van der Waals surface area contributed by atoms with Crippen LogP contribution in [-0.2, 0) is 14.2 Å². The average Bonchev–Trinajstić information content (AvgIpc) is 2.13. The summed E-state index contributed by atoms with van der Waals surface area (Å²) in [5.74, 6) is -0.437. The predicted molar refractivity (Wildman–Crippen MR) is 66.0 cm³/mol. The van der Waals surface area contributed by atoms with Crippen LogP contribution in [-0.4, -0.2) is 43.3 Å². The van der Waals surface area contributed by atoms with Gasteiger partial charge in [0.15, 0.2) is 5.79 Å². The van der Waals surface area contributed by atoms with Gasteiger partial charge in [0.2, 0.25) is 0 Å². The molecular formula is C13H25NO3. The first-order chi connectivity index (χ1) is 7.76. The molecule has 0 bridgehead atoms. The molecule has 2 heterocycles. The number of rotatable bonds is 1. The van der Waals surface area contributed by atoms with E-state index in [1.165, 1.54) is 0 Å². The Morgan fingerprint density at radius 2 is 1.47 bits per heavy atom. The van der Waals surface area contributed by atoms with Gasteiger partial charge in [-0.3, -0.25) is 0 Å². The summed E-state index contributed by atoms with van der Waals surface area (Å²) in [4.78, 5) is 0. The minimum Gasteiger partial charge on any atom is -0.377 e. The third-order valence-corrected chi connectivity index (χ3v) is 3.50. The molecule has 4 nitrogen and oxygen atoms in total. The monoisotopic (exact) mass is 243 g/mol. The molecular weight excluding hydrogens is 218 g/mol. The van der Waals surface area contributed by atoms with E-state index in [2.05, 4.69) is 33.0 Å². The molecule has 2 rings (SSSR count). The van der Waals surface area contributed by atoms with Gasteiger partial charge in [0.05, 0.1) is 13.2 Å². The van der Waals surface area contributed by atoms with Gasteiger partial charge in [-0.25, -0.2) is 0 Å². The van der Waals surface area contributed by atoms with Crippen LogP contribution in [0.5, 0.6) is 0 Å². The molecule has 2 saturated heterocycles. The Kier molecular flexibility index (Phi) is 3.28. The van der Waals surface area contributed by atoms with Crippen LogP contribution in [0.2, 0.25) is 0 Å². The standard InChI is InChI=1S/C13H25NO3/c1-11(2)8-13(9-12(3,4)14-11)16-6-10(15-5)7-17-13/h10,14H,6-9H2,1-5H3. The van der Waals surface area contributed by atoms with Gasteiger partial charge in [-0.1, -0.05) is 0 Å². The average molecular weight is 243 g/mol. The molecule has 2 aliphatic rings. The number of nitrogens with one attached hydrogen (secondary N) is 1. The van der Waals surface area contributed by atoms with Gasteiger partial charge >= 0.3 is 0 Å². The molecule has 100 valence electrons. The first-order valence-corrected chi connectivity index (χ1v) is 6.36. The third kappa shape index (κ3) is 2.99. The molecule has 0 aliphatic carbocycles. The van der Waals surface area contributed by atoms with Crippen molar-refractivity contribution < 1.29 is 14.2 Å². The van der Waals surface area contributed by atoms with E-state index in [-0.39, 0.29) is 17.2 Å². The van der Waals surface area contributed by atoms with E-state index in [1.54, 1.807) is 7.11 Å². The SMILES string of the molecule is COC1COC2(CC(C)(C)NC(C)(C)C2)OC1. The predicted octanol–water partition coefficient (Wildman–Crippen LogP) is 1.69. The third-order valence-electron chi connectivity index (χ3n) is 3.50. The first kappa shape index (κ1) is 13.3. The highest BCUT2D eigenvalue weighted by molar-refractivity contribution is 5.02. The second-order valence-electron chi connectivity index (χ2n) is 6.64. The smallest absolute Gasteiger partial charge is 0.172 e. The second kappa shape index (κ2) is 4.19. The fourth-order valence-corrected chi connectivity index (χ4v) is 3.33. The quantitative estimate of drug-likeness (QED) is 0.760. The van der Waals surface area contributed by atoms with E-state index in [0.717, 1.165) is 12.8 Å². The van der Waals surface area contributed by atoms with Crippen LogP contribution >= 0.6 is 0 Å². The lowest BCUT2D eigenvalue weighted by Gasteiger charge is -2.53. The van der Waals surface area contributed by atoms with E-state index < -0.39 is 5.79 Å². The van der Waals surface area contributed by atoms with Crippen molar-refractivity contribution in [3.63, 3.8) is 0 Å². The molecule has 0 aromatic heterocycles. The molecule has 0 aromatic carbocycles. The Morgan fingerprint density at radius 1 is 1.00 bits per heavy atom. The van der Waals surface area contributed by atoms with Gasteiger partial charge in [0, 0.05) is 31.0 Å². The van der Waals surface area contributed by atoms with Crippen molar-refractivity contribution >= 4 is 0 Å². The molecule has 0 radical (unpaired) electrons. The van der Waals surface area contributed by atoms with Gasteiger partial charge in [-0.2, -0.15) is 0 Å². The van der Waals surface area contributed by atoms with E-state index in [1.807, 2.05) is 0 Å². The Hall–Kier alpha value is -0.160. The number of piperidine rings is 1. The first-order valence-electron chi connectivity index (χ1n) is 6.36. The molecule has 0 amide bonds. The minimum atomic E-state index is -0.437. The van der Waals surface area contributed by atoms with Crippen molar-refractivity contribution in [2.75, 3.05) is 20.3 Å². The maximum Gasteiger partial charge on any atom is 0.172 e. The molecule has 17 heavy (non-hydrogen) atoms. The highest BCUT2D eigenvalue weighted by Gasteiger charge is 2.50. The normalized spacial score (nSPS) is 31.6. The lowest BCUT2D eigenvalue weighted by Crippen LogP contribution is -2.66. The van der Waals surface area contributed by atoms with Crippen molar-refractivity contribution in [1.82, 2.24) is 5.32 Å². The zero-order valence-electron chi connectivity index (χ0n) is 11.6. The number of hydrogen-bond acceptors (Lipinski definition) is 4. The molecule has 2 aliphatic heterocycles. The van der Waals surface area contributed by atoms with Crippen LogP contribution < -0.4 is 5.32 Å². The molecule has 0 unspecified atom stereocenters. The van der Waals surface area contributed by atoms with Gasteiger partial charge in [-0.15, -0.1) is 0 Å². The number of methoxy groups -OCH3 is 1. The number of ether oxygens (including phenoxy) is 3. The Morgan fingerprint density at radius 3 is 1.88 bits per heavy atom. The summed E-state index contributed by atoms with van der Waals surface area (Å²) >= 11 is 0. The van der Waals surface area contributed by atoms with Crippen LogP contribution in [0.3, 0.4) is 0 Å². The fraction of sp³-hybridized carbons (Fsp3) is 1.00. The molecule has 1 spiro atoms. The molecule has 0 saturated carbocycles. The van der Waals surface area contributed by atoms with Crippen LogP contribution in [0.4, 0.5) is 0 Å². The molecule has 4 heteroatoms. The molecule has 1 N–H and O–H groups in total. The van der Waals surface area contributed by atoms with Gasteiger partial charge in [0.25, 0.3) is 0 Å². The zero-order valence-corrected chi connectivity index (χ0v) is 11.6.